The van der Waals surface area contributed by atoms with E-state index in [0.717, 1.165) is 23.8 Å². The van der Waals surface area contributed by atoms with Crippen LogP contribution < -0.4 is 5.32 Å². The van der Waals surface area contributed by atoms with E-state index in [9.17, 15) is 9.59 Å². The van der Waals surface area contributed by atoms with Crippen LogP contribution in [0.2, 0.25) is 5.02 Å². The third-order valence-electron chi connectivity index (χ3n) is 6.80. The number of pyridine rings is 1. The molecule has 1 saturated heterocycles. The summed E-state index contributed by atoms with van der Waals surface area (Å²) >= 11 is 6.60. The van der Waals surface area contributed by atoms with Gasteiger partial charge < -0.3 is 19.7 Å². The Hall–Kier alpha value is -3.89. The van der Waals surface area contributed by atoms with E-state index >= 15 is 0 Å². The molecule has 210 valence electrons. The van der Waals surface area contributed by atoms with Crippen LogP contribution in [0.15, 0.2) is 48.9 Å². The van der Waals surface area contributed by atoms with Gasteiger partial charge in [0.25, 0.3) is 5.91 Å². The number of nitrogens with one attached hydrogen (secondary N) is 1. The van der Waals surface area contributed by atoms with Crippen LogP contribution in [-0.4, -0.2) is 68.1 Å². The molecule has 0 radical (unpaired) electrons. The number of carbonyl (C=O) groups is 2. The number of nitrogens with zero attached hydrogens (tertiary/aromatic N) is 5. The van der Waals surface area contributed by atoms with Gasteiger partial charge in [0.2, 0.25) is 0 Å². The predicted molar refractivity (Wildman–Crippen MR) is 154 cm³/mol. The summed E-state index contributed by atoms with van der Waals surface area (Å²) in [6.07, 6.45) is 6.55. The molecular formula is C29H33ClN6O4. The van der Waals surface area contributed by atoms with Crippen LogP contribution in [0.25, 0.3) is 22.2 Å². The van der Waals surface area contributed by atoms with Gasteiger partial charge in [0.15, 0.2) is 0 Å². The molecule has 0 saturated carbocycles. The van der Waals surface area contributed by atoms with Gasteiger partial charge in [0.1, 0.15) is 11.4 Å². The second-order valence-corrected chi connectivity index (χ2v) is 11.3. The number of hydrogen-bond acceptors (Lipinski definition) is 7. The van der Waals surface area contributed by atoms with Crippen molar-refractivity contribution in [2.45, 2.75) is 45.3 Å². The molecule has 1 N–H and O–H groups in total. The fourth-order valence-electron chi connectivity index (χ4n) is 4.81. The molecule has 1 aromatic carbocycles. The lowest BCUT2D eigenvalue weighted by molar-refractivity contribution is 0.0350. The number of likely N-dealkylation sites (tertiary alicyclic amines) is 1. The Labute approximate surface area is 237 Å². The number of rotatable bonds is 5. The first-order valence-electron chi connectivity index (χ1n) is 13.1. The molecule has 0 aliphatic carbocycles. The SMILES string of the molecule is COC1CCN(C(=O)c2ccc(Nc3cc4c(cn3)cc(-c3cnn(C)c3)n4C(=O)OC(C)(C)C)c(Cl)c2)CC1. The van der Waals surface area contributed by atoms with Crippen molar-refractivity contribution < 1.29 is 19.1 Å². The maximum absolute atomic E-state index is 13.3. The van der Waals surface area contributed by atoms with Crippen LogP contribution in [0, 0.1) is 0 Å². The van der Waals surface area contributed by atoms with Crippen molar-refractivity contribution in [3.05, 3.63) is 59.5 Å². The lowest BCUT2D eigenvalue weighted by Gasteiger charge is -2.31. The predicted octanol–water partition coefficient (Wildman–Crippen LogP) is 5.87. The molecule has 1 aliphatic heterocycles. The first-order valence-corrected chi connectivity index (χ1v) is 13.5. The van der Waals surface area contributed by atoms with E-state index in [2.05, 4.69) is 15.4 Å². The minimum atomic E-state index is -0.680. The molecule has 4 aromatic rings. The Bertz CT molecular complexity index is 1560. The third-order valence-corrected chi connectivity index (χ3v) is 7.12. The van der Waals surface area contributed by atoms with E-state index in [1.165, 1.54) is 4.57 Å². The number of aromatic nitrogens is 4. The van der Waals surface area contributed by atoms with E-state index in [1.807, 2.05) is 45.0 Å². The summed E-state index contributed by atoms with van der Waals surface area (Å²) in [5.41, 5.74) is 2.47. The number of piperidine rings is 1. The quantitative estimate of drug-likeness (QED) is 0.323. The molecule has 3 aromatic heterocycles. The van der Waals surface area contributed by atoms with Gasteiger partial charge in [0.05, 0.1) is 34.2 Å². The van der Waals surface area contributed by atoms with Gasteiger partial charge >= 0.3 is 6.09 Å². The third kappa shape index (κ3) is 5.83. The molecule has 1 amide bonds. The van der Waals surface area contributed by atoms with Gasteiger partial charge in [-0.25, -0.2) is 14.3 Å². The highest BCUT2D eigenvalue weighted by Gasteiger charge is 2.25. The van der Waals surface area contributed by atoms with Crippen LogP contribution in [-0.2, 0) is 16.5 Å². The van der Waals surface area contributed by atoms with Crippen molar-refractivity contribution in [1.82, 2.24) is 24.2 Å². The number of benzene rings is 1. The fourth-order valence-corrected chi connectivity index (χ4v) is 5.03. The summed E-state index contributed by atoms with van der Waals surface area (Å²) in [6.45, 7) is 6.78. The number of amides is 1. The van der Waals surface area contributed by atoms with Gasteiger partial charge in [-0.15, -0.1) is 0 Å². The minimum absolute atomic E-state index is 0.0549. The highest BCUT2D eigenvalue weighted by molar-refractivity contribution is 6.33. The van der Waals surface area contributed by atoms with Gasteiger partial charge in [-0.2, -0.15) is 5.10 Å². The van der Waals surface area contributed by atoms with Crippen LogP contribution in [0.5, 0.6) is 0 Å². The average molecular weight is 565 g/mol. The maximum atomic E-state index is 13.3. The van der Waals surface area contributed by atoms with Gasteiger partial charge in [-0.1, -0.05) is 11.6 Å². The zero-order chi connectivity index (χ0) is 28.6. The van der Waals surface area contributed by atoms with Crippen LogP contribution in [0.3, 0.4) is 0 Å². The number of hydrogen-bond donors (Lipinski definition) is 1. The summed E-state index contributed by atoms with van der Waals surface area (Å²) in [7, 11) is 3.52. The first-order chi connectivity index (χ1) is 19.0. The van der Waals surface area contributed by atoms with E-state index in [0.29, 0.717) is 46.4 Å². The normalized spacial score (nSPS) is 14.5. The molecule has 11 heteroatoms. The Morgan fingerprint density at radius 1 is 1.10 bits per heavy atom. The Morgan fingerprint density at radius 2 is 1.85 bits per heavy atom. The number of ether oxygens (including phenoxy) is 2. The average Bonchev–Trinajstić information content (AvgIpc) is 3.51. The van der Waals surface area contributed by atoms with Crippen molar-refractivity contribution in [2.75, 3.05) is 25.5 Å². The molecule has 4 heterocycles. The molecule has 5 rings (SSSR count). The fraction of sp³-hybridized carbons (Fsp3) is 0.379. The van der Waals surface area contributed by atoms with E-state index < -0.39 is 11.7 Å². The van der Waals surface area contributed by atoms with Crippen molar-refractivity contribution in [2.24, 2.45) is 7.05 Å². The Kier molecular flexibility index (Phi) is 7.57. The van der Waals surface area contributed by atoms with Gasteiger partial charge in [-0.05, 0) is 57.9 Å². The summed E-state index contributed by atoms with van der Waals surface area (Å²) in [5.74, 6) is 0.427. The van der Waals surface area contributed by atoms with Crippen molar-refractivity contribution in [3.63, 3.8) is 0 Å². The number of halogens is 1. The van der Waals surface area contributed by atoms with Crippen LogP contribution >= 0.6 is 11.6 Å². The molecule has 0 spiro atoms. The minimum Gasteiger partial charge on any atom is -0.443 e. The maximum Gasteiger partial charge on any atom is 0.419 e. The van der Waals surface area contributed by atoms with E-state index in [-0.39, 0.29) is 12.0 Å². The van der Waals surface area contributed by atoms with E-state index in [1.54, 1.807) is 48.5 Å². The highest BCUT2D eigenvalue weighted by atomic mass is 35.5. The topological polar surface area (TPSA) is 104 Å². The van der Waals surface area contributed by atoms with E-state index in [4.69, 9.17) is 21.1 Å². The molecule has 10 nitrogen and oxygen atoms in total. The van der Waals surface area contributed by atoms with Crippen molar-refractivity contribution >= 4 is 46.0 Å². The Morgan fingerprint density at radius 3 is 2.48 bits per heavy atom. The number of carbonyl (C=O) groups excluding carboxylic acids is 2. The number of fused-ring (bicyclic) bond motifs is 1. The molecule has 0 atom stereocenters. The largest absolute Gasteiger partial charge is 0.443 e. The number of aryl methyl sites for hydroxylation is 1. The van der Waals surface area contributed by atoms with Gasteiger partial charge in [-0.3, -0.25) is 9.48 Å². The molecule has 40 heavy (non-hydrogen) atoms. The molecular weight excluding hydrogens is 532 g/mol. The Balaban J connectivity index is 1.43. The zero-order valence-electron chi connectivity index (χ0n) is 23.3. The van der Waals surface area contributed by atoms with Crippen molar-refractivity contribution in [3.8, 4) is 11.3 Å². The van der Waals surface area contributed by atoms with Crippen LogP contribution in [0.1, 0.15) is 44.0 Å². The lowest BCUT2D eigenvalue weighted by Crippen LogP contribution is -2.40. The highest BCUT2D eigenvalue weighted by Crippen LogP contribution is 2.32. The second kappa shape index (κ2) is 10.9. The summed E-state index contributed by atoms with van der Waals surface area (Å²) in [6, 6.07) is 8.83. The summed E-state index contributed by atoms with van der Waals surface area (Å²) in [5, 5.41) is 8.63. The van der Waals surface area contributed by atoms with Crippen molar-refractivity contribution in [1.29, 1.82) is 0 Å². The monoisotopic (exact) mass is 564 g/mol. The molecule has 0 unspecified atom stereocenters. The standard InChI is InChI=1S/C29H33ClN6O4/c1-29(2,3)40-28(38)36-24(20-16-32-34(4)17-20)13-19-15-31-26(14-25(19)36)33-23-7-6-18(12-22(23)30)27(37)35-10-8-21(39-5)9-11-35/h6-7,12-17,21H,8-11H2,1-5H3,(H,31,33). The summed E-state index contributed by atoms with van der Waals surface area (Å²) < 4.78 is 14.3. The smallest absolute Gasteiger partial charge is 0.419 e. The molecule has 1 aliphatic rings. The lowest BCUT2D eigenvalue weighted by atomic mass is 10.1. The number of methoxy groups -OCH3 is 1. The number of anilines is 2. The zero-order valence-corrected chi connectivity index (χ0v) is 24.0. The van der Waals surface area contributed by atoms with Gasteiger partial charge in [0, 0.05) is 62.2 Å². The van der Waals surface area contributed by atoms with Crippen LogP contribution in [0.4, 0.5) is 16.3 Å². The second-order valence-electron chi connectivity index (χ2n) is 10.9. The molecule has 0 bridgehead atoms. The summed E-state index contributed by atoms with van der Waals surface area (Å²) in [4.78, 5) is 32.7. The first kappa shape index (κ1) is 27.7. The molecule has 1 fully saturated rings.